The van der Waals surface area contributed by atoms with Crippen LogP contribution in [-0.2, 0) is 15.7 Å². The van der Waals surface area contributed by atoms with Crippen molar-refractivity contribution in [2.75, 3.05) is 14.2 Å². The first-order valence-corrected chi connectivity index (χ1v) is 10.9. The molecule has 0 aliphatic carbocycles. The summed E-state index contributed by atoms with van der Waals surface area (Å²) in [5.41, 5.74) is -0.198. The van der Waals surface area contributed by atoms with E-state index in [4.69, 9.17) is 25.8 Å². The van der Waals surface area contributed by atoms with Crippen LogP contribution in [0.1, 0.15) is 26.4 Å². The fourth-order valence-corrected chi connectivity index (χ4v) is 3.61. The molecule has 2 heterocycles. The first-order valence-electron chi connectivity index (χ1n) is 10.5. The van der Waals surface area contributed by atoms with Gasteiger partial charge in [0.1, 0.15) is 22.0 Å². The van der Waals surface area contributed by atoms with Crippen molar-refractivity contribution in [2.24, 2.45) is 0 Å². The summed E-state index contributed by atoms with van der Waals surface area (Å²) in [6.07, 6.45) is -3.98. The van der Waals surface area contributed by atoms with Gasteiger partial charge in [-0.05, 0) is 42.5 Å². The number of alkyl halides is 3. The van der Waals surface area contributed by atoms with Crippen LogP contribution in [0.15, 0.2) is 66.9 Å². The average Bonchev–Trinajstić information content (AvgIpc) is 3.30. The molecule has 2 aromatic heterocycles. The fourth-order valence-electron chi connectivity index (χ4n) is 3.40. The predicted octanol–water partition coefficient (Wildman–Crippen LogP) is 5.97. The van der Waals surface area contributed by atoms with Crippen molar-refractivity contribution < 1.29 is 37.0 Å². The van der Waals surface area contributed by atoms with E-state index in [0.717, 1.165) is 0 Å². The van der Waals surface area contributed by atoms with Crippen LogP contribution in [0.5, 0.6) is 11.6 Å². The predicted molar refractivity (Wildman–Crippen MR) is 126 cm³/mol. The molecule has 0 radical (unpaired) electrons. The summed E-state index contributed by atoms with van der Waals surface area (Å²) in [6.45, 7) is 0. The van der Waals surface area contributed by atoms with Crippen molar-refractivity contribution >= 4 is 23.5 Å². The summed E-state index contributed by atoms with van der Waals surface area (Å²) >= 11 is 5.91. The first-order chi connectivity index (χ1) is 17.6. The van der Waals surface area contributed by atoms with Crippen LogP contribution < -0.4 is 4.74 Å². The molecule has 0 aliphatic heterocycles. The van der Waals surface area contributed by atoms with Crippen molar-refractivity contribution in [3.8, 4) is 28.6 Å². The number of rotatable bonds is 6. The first kappa shape index (κ1) is 25.7. The molecule has 37 heavy (non-hydrogen) atoms. The molecule has 4 rings (SSSR count). The number of hydrogen-bond donors (Lipinski definition) is 0. The van der Waals surface area contributed by atoms with Crippen LogP contribution in [0, 0.1) is 0 Å². The molecule has 0 N–H and O–H groups in total. The maximum Gasteiger partial charge on any atom is 0.417 e. The Hall–Kier alpha value is -4.38. The Morgan fingerprint density at radius 3 is 2.16 bits per heavy atom. The Kier molecular flexibility index (Phi) is 7.16. The van der Waals surface area contributed by atoms with E-state index in [1.807, 2.05) is 0 Å². The van der Waals surface area contributed by atoms with Crippen molar-refractivity contribution in [3.63, 3.8) is 0 Å². The molecule has 0 unspecified atom stereocenters. The van der Waals surface area contributed by atoms with Gasteiger partial charge >= 0.3 is 18.1 Å². The number of ether oxygens (including phenoxy) is 3. The number of hydrogen-bond acceptors (Lipinski definition) is 7. The highest BCUT2D eigenvalue weighted by atomic mass is 35.5. The third-order valence-corrected chi connectivity index (χ3v) is 5.40. The number of carbonyl (C=O) groups is 2. The van der Waals surface area contributed by atoms with Crippen LogP contribution in [0.2, 0.25) is 5.02 Å². The smallest absolute Gasteiger partial charge is 0.417 e. The standard InChI is InChI=1S/C25H17ClF3N3O5/c1-35-23(33)19-20(31-32(21(19)24(34)36-2)16-6-4-3-5-7-16)14-8-10-17(11-9-14)37-22-18(26)12-15(13-30-22)25(27,28)29/h3-13H,1-2H3. The lowest BCUT2D eigenvalue weighted by Crippen LogP contribution is -2.15. The third-order valence-electron chi connectivity index (χ3n) is 5.13. The Labute approximate surface area is 213 Å². The van der Waals surface area contributed by atoms with E-state index >= 15 is 0 Å². The normalized spacial score (nSPS) is 11.2. The number of methoxy groups -OCH3 is 2. The van der Waals surface area contributed by atoms with E-state index in [0.29, 0.717) is 23.5 Å². The molecule has 4 aromatic rings. The number of aromatic nitrogens is 3. The van der Waals surface area contributed by atoms with Crippen LogP contribution in [0.3, 0.4) is 0 Å². The van der Waals surface area contributed by atoms with Gasteiger partial charge in [-0.3, -0.25) is 0 Å². The van der Waals surface area contributed by atoms with Crippen molar-refractivity contribution in [1.82, 2.24) is 14.8 Å². The molecular formula is C25H17ClF3N3O5. The van der Waals surface area contributed by atoms with E-state index in [1.165, 1.54) is 31.0 Å². The zero-order chi connectivity index (χ0) is 26.7. The quantitative estimate of drug-likeness (QED) is 0.283. The molecule has 0 saturated carbocycles. The second-order valence-electron chi connectivity index (χ2n) is 7.44. The number of esters is 2. The van der Waals surface area contributed by atoms with E-state index in [9.17, 15) is 22.8 Å². The number of benzene rings is 2. The highest BCUT2D eigenvalue weighted by Crippen LogP contribution is 2.35. The van der Waals surface area contributed by atoms with Gasteiger partial charge in [0.2, 0.25) is 5.88 Å². The lowest BCUT2D eigenvalue weighted by molar-refractivity contribution is -0.137. The molecule has 12 heteroatoms. The zero-order valence-corrected chi connectivity index (χ0v) is 20.0. The summed E-state index contributed by atoms with van der Waals surface area (Å²) in [5.74, 6) is -1.63. The summed E-state index contributed by atoms with van der Waals surface area (Å²) in [6, 6.07) is 15.4. The Morgan fingerprint density at radius 1 is 0.946 bits per heavy atom. The molecule has 0 spiro atoms. The lowest BCUT2D eigenvalue weighted by Gasteiger charge is -2.10. The molecule has 0 fully saturated rings. The molecule has 0 aliphatic rings. The largest absolute Gasteiger partial charge is 0.465 e. The molecule has 0 saturated heterocycles. The molecule has 0 amide bonds. The average molecular weight is 532 g/mol. The number of para-hydroxylation sites is 1. The summed E-state index contributed by atoms with van der Waals surface area (Å²) in [4.78, 5) is 29.0. The van der Waals surface area contributed by atoms with Crippen molar-refractivity contribution in [3.05, 3.63) is 88.7 Å². The minimum absolute atomic E-state index is 0.112. The van der Waals surface area contributed by atoms with Gasteiger partial charge in [-0.25, -0.2) is 19.3 Å². The lowest BCUT2D eigenvalue weighted by atomic mass is 10.1. The van der Waals surface area contributed by atoms with Gasteiger partial charge in [0.15, 0.2) is 5.69 Å². The molecule has 0 bridgehead atoms. The van der Waals surface area contributed by atoms with E-state index < -0.39 is 23.7 Å². The highest BCUT2D eigenvalue weighted by molar-refractivity contribution is 6.31. The van der Waals surface area contributed by atoms with E-state index in [1.54, 1.807) is 42.5 Å². The van der Waals surface area contributed by atoms with E-state index in [2.05, 4.69) is 10.1 Å². The van der Waals surface area contributed by atoms with Gasteiger partial charge in [-0.2, -0.15) is 18.3 Å². The zero-order valence-electron chi connectivity index (χ0n) is 19.2. The maximum atomic E-state index is 12.8. The molecular weight excluding hydrogens is 515 g/mol. The van der Waals surface area contributed by atoms with Crippen molar-refractivity contribution in [1.29, 1.82) is 0 Å². The van der Waals surface area contributed by atoms with Gasteiger partial charge in [0, 0.05) is 11.8 Å². The summed E-state index contributed by atoms with van der Waals surface area (Å²) in [5, 5.41) is 4.16. The SMILES string of the molecule is COC(=O)c1c(-c2ccc(Oc3ncc(C(F)(F)F)cc3Cl)cc2)nn(-c2ccccc2)c1C(=O)OC. The summed E-state index contributed by atoms with van der Waals surface area (Å²) < 4.78 is 55.1. The number of pyridine rings is 1. The Bertz CT molecular complexity index is 1460. The Balaban J connectivity index is 1.74. The maximum absolute atomic E-state index is 12.8. The highest BCUT2D eigenvalue weighted by Gasteiger charge is 2.32. The van der Waals surface area contributed by atoms with Gasteiger partial charge in [0.25, 0.3) is 0 Å². The van der Waals surface area contributed by atoms with E-state index in [-0.39, 0.29) is 33.6 Å². The van der Waals surface area contributed by atoms with Gasteiger partial charge in [0.05, 0.1) is 25.5 Å². The van der Waals surface area contributed by atoms with Crippen LogP contribution in [0.25, 0.3) is 16.9 Å². The molecule has 0 atom stereocenters. The molecule has 8 nitrogen and oxygen atoms in total. The van der Waals surface area contributed by atoms with Gasteiger partial charge in [-0.1, -0.05) is 29.8 Å². The second kappa shape index (κ2) is 10.3. The second-order valence-corrected chi connectivity index (χ2v) is 7.85. The van der Waals surface area contributed by atoms with Crippen LogP contribution >= 0.6 is 11.6 Å². The number of carbonyl (C=O) groups excluding carboxylic acids is 2. The van der Waals surface area contributed by atoms with Crippen molar-refractivity contribution in [2.45, 2.75) is 6.18 Å². The minimum atomic E-state index is -4.60. The monoisotopic (exact) mass is 531 g/mol. The van der Waals surface area contributed by atoms with Gasteiger partial charge in [-0.15, -0.1) is 0 Å². The van der Waals surface area contributed by atoms with Gasteiger partial charge < -0.3 is 14.2 Å². The molecule has 2 aromatic carbocycles. The topological polar surface area (TPSA) is 92.5 Å². The Morgan fingerprint density at radius 2 is 1.59 bits per heavy atom. The van der Waals surface area contributed by atoms with Crippen LogP contribution in [0.4, 0.5) is 13.2 Å². The fraction of sp³-hybridized carbons (Fsp3) is 0.120. The number of nitrogens with zero attached hydrogens (tertiary/aromatic N) is 3. The molecule has 190 valence electrons. The minimum Gasteiger partial charge on any atom is -0.465 e. The summed E-state index contributed by atoms with van der Waals surface area (Å²) in [7, 11) is 2.35. The van der Waals surface area contributed by atoms with Crippen LogP contribution in [-0.4, -0.2) is 40.9 Å². The number of halogens is 4. The third kappa shape index (κ3) is 5.26.